The molecule has 4 nitrogen and oxygen atoms in total. The molecular weight excluding hydrogens is 122 g/mol. The third-order valence-electron chi connectivity index (χ3n) is 0.913. The molecule has 0 radical (unpaired) electrons. The lowest BCUT2D eigenvalue weighted by molar-refractivity contribution is -0.131. The van der Waals surface area contributed by atoms with E-state index in [-0.39, 0.29) is 0 Å². The van der Waals surface area contributed by atoms with E-state index in [4.69, 9.17) is 9.84 Å². The van der Waals surface area contributed by atoms with Crippen molar-refractivity contribution in [3.8, 4) is 0 Å². The zero-order valence-electron chi connectivity index (χ0n) is 4.76. The van der Waals surface area contributed by atoms with Crippen molar-refractivity contribution in [1.82, 2.24) is 5.32 Å². The molecule has 1 fully saturated rings. The van der Waals surface area contributed by atoms with Gasteiger partial charge in [0, 0.05) is 0 Å². The molecule has 0 atom stereocenters. The Balaban J connectivity index is 2.49. The number of hydrogen-bond donors (Lipinski definition) is 2. The summed E-state index contributed by atoms with van der Waals surface area (Å²) in [6.07, 6.45) is 1.01. The van der Waals surface area contributed by atoms with Gasteiger partial charge in [0.1, 0.15) is 6.61 Å². The molecule has 50 valence electrons. The molecule has 0 aromatic heterocycles. The lowest BCUT2D eigenvalue weighted by Gasteiger charge is -1.92. The Morgan fingerprint density at radius 3 is 3.11 bits per heavy atom. The first-order valence-corrected chi connectivity index (χ1v) is 2.60. The van der Waals surface area contributed by atoms with E-state index in [1.807, 2.05) is 0 Å². The van der Waals surface area contributed by atoms with Crippen LogP contribution in [-0.4, -0.2) is 24.2 Å². The van der Waals surface area contributed by atoms with Gasteiger partial charge in [0.2, 0.25) is 0 Å². The Labute approximate surface area is 52.1 Å². The second kappa shape index (κ2) is 2.39. The molecule has 0 saturated carbocycles. The Bertz CT molecular complexity index is 144. The largest absolute Gasteiger partial charge is 0.478 e. The minimum absolute atomic E-state index is 0.350. The van der Waals surface area contributed by atoms with Crippen molar-refractivity contribution in [2.75, 3.05) is 13.2 Å². The van der Waals surface area contributed by atoms with Crippen LogP contribution in [0.3, 0.4) is 0 Å². The number of nitrogens with one attached hydrogen (secondary N) is 1. The molecule has 0 unspecified atom stereocenters. The Hall–Kier alpha value is -1.19. The average Bonchev–Trinajstić information content (AvgIpc) is 2.15. The number of aliphatic carboxylic acids is 1. The van der Waals surface area contributed by atoms with Crippen LogP contribution in [0.1, 0.15) is 0 Å². The monoisotopic (exact) mass is 129 g/mol. The van der Waals surface area contributed by atoms with Gasteiger partial charge in [0.05, 0.1) is 12.6 Å². The van der Waals surface area contributed by atoms with Crippen LogP contribution in [0.5, 0.6) is 0 Å². The molecule has 1 aliphatic rings. The summed E-state index contributed by atoms with van der Waals surface area (Å²) in [5.74, 6) is -0.637. The number of carbonyl (C=O) groups is 1. The zero-order valence-corrected chi connectivity index (χ0v) is 4.76. The van der Waals surface area contributed by atoms with Gasteiger partial charge in [0.15, 0.2) is 5.88 Å². The summed E-state index contributed by atoms with van der Waals surface area (Å²) < 4.78 is 4.83. The van der Waals surface area contributed by atoms with E-state index in [9.17, 15) is 4.79 Å². The maximum Gasteiger partial charge on any atom is 0.333 e. The summed E-state index contributed by atoms with van der Waals surface area (Å²) in [4.78, 5) is 9.96. The maximum atomic E-state index is 9.96. The second-order valence-corrected chi connectivity index (χ2v) is 1.62. The zero-order chi connectivity index (χ0) is 6.69. The molecule has 1 rings (SSSR count). The summed E-state index contributed by atoms with van der Waals surface area (Å²) in [6.45, 7) is 1.25. The van der Waals surface area contributed by atoms with E-state index in [0.29, 0.717) is 19.0 Å². The highest BCUT2D eigenvalue weighted by molar-refractivity contribution is 5.80. The van der Waals surface area contributed by atoms with Gasteiger partial charge in [-0.05, 0) is 0 Å². The van der Waals surface area contributed by atoms with E-state index in [1.165, 1.54) is 0 Å². The number of hydrogen-bond acceptors (Lipinski definition) is 3. The Morgan fingerprint density at radius 2 is 2.67 bits per heavy atom. The van der Waals surface area contributed by atoms with Crippen LogP contribution < -0.4 is 5.32 Å². The minimum Gasteiger partial charge on any atom is -0.478 e. The summed E-state index contributed by atoms with van der Waals surface area (Å²) in [7, 11) is 0. The van der Waals surface area contributed by atoms with Crippen molar-refractivity contribution >= 4 is 5.97 Å². The predicted molar refractivity (Wildman–Crippen MR) is 29.7 cm³/mol. The summed E-state index contributed by atoms with van der Waals surface area (Å²) in [5.41, 5.74) is 0. The van der Waals surface area contributed by atoms with Gasteiger partial charge >= 0.3 is 5.97 Å². The molecule has 0 aromatic rings. The molecule has 9 heavy (non-hydrogen) atoms. The van der Waals surface area contributed by atoms with E-state index in [0.717, 1.165) is 6.08 Å². The quantitative estimate of drug-likeness (QED) is 0.470. The van der Waals surface area contributed by atoms with Crippen molar-refractivity contribution < 1.29 is 14.6 Å². The van der Waals surface area contributed by atoms with Gasteiger partial charge in [-0.25, -0.2) is 4.79 Å². The van der Waals surface area contributed by atoms with E-state index in [2.05, 4.69) is 5.32 Å². The first kappa shape index (κ1) is 5.94. The molecule has 1 saturated heterocycles. The summed E-state index contributed by atoms with van der Waals surface area (Å²) in [6, 6.07) is 0. The fourth-order valence-corrected chi connectivity index (χ4v) is 0.591. The number of carboxylic acid groups (broad SMARTS) is 1. The molecule has 0 bridgehead atoms. The SMILES string of the molecule is O=C(O)C=C1NCCO1. The van der Waals surface area contributed by atoms with Crippen molar-refractivity contribution in [1.29, 1.82) is 0 Å². The van der Waals surface area contributed by atoms with Gasteiger partial charge in [0.25, 0.3) is 0 Å². The van der Waals surface area contributed by atoms with Crippen LogP contribution in [0.2, 0.25) is 0 Å². The van der Waals surface area contributed by atoms with Crippen molar-refractivity contribution in [2.24, 2.45) is 0 Å². The van der Waals surface area contributed by atoms with Crippen LogP contribution in [0, 0.1) is 0 Å². The first-order chi connectivity index (χ1) is 4.29. The Morgan fingerprint density at radius 1 is 1.89 bits per heavy atom. The van der Waals surface area contributed by atoms with Crippen LogP contribution in [0.4, 0.5) is 0 Å². The molecule has 4 heteroatoms. The fraction of sp³-hybridized carbons (Fsp3) is 0.400. The summed E-state index contributed by atoms with van der Waals surface area (Å²) >= 11 is 0. The second-order valence-electron chi connectivity index (χ2n) is 1.62. The number of rotatable bonds is 1. The topological polar surface area (TPSA) is 58.6 Å². The van der Waals surface area contributed by atoms with Gasteiger partial charge in [-0.2, -0.15) is 0 Å². The molecule has 1 aliphatic heterocycles. The standard InChI is InChI=1S/C5H7NO3/c7-5(8)3-4-6-1-2-9-4/h3,6H,1-2H2,(H,7,8). The van der Waals surface area contributed by atoms with Crippen molar-refractivity contribution in [3.05, 3.63) is 12.0 Å². The summed E-state index contributed by atoms with van der Waals surface area (Å²) in [5, 5.41) is 10.9. The average molecular weight is 129 g/mol. The highest BCUT2D eigenvalue weighted by Gasteiger charge is 2.06. The normalized spacial score (nSPS) is 21.1. The number of ether oxygens (including phenoxy) is 1. The van der Waals surface area contributed by atoms with Crippen LogP contribution >= 0.6 is 0 Å². The van der Waals surface area contributed by atoms with E-state index in [1.54, 1.807) is 0 Å². The minimum atomic E-state index is -0.987. The molecule has 0 aliphatic carbocycles. The third-order valence-corrected chi connectivity index (χ3v) is 0.913. The molecule has 0 spiro atoms. The molecular formula is C5H7NO3. The Kier molecular flexibility index (Phi) is 1.58. The van der Waals surface area contributed by atoms with Gasteiger partial charge in [-0.3, -0.25) is 0 Å². The lowest BCUT2D eigenvalue weighted by atomic mass is 10.6. The fourth-order valence-electron chi connectivity index (χ4n) is 0.591. The van der Waals surface area contributed by atoms with Crippen LogP contribution in [0.25, 0.3) is 0 Å². The van der Waals surface area contributed by atoms with Crippen LogP contribution in [-0.2, 0) is 9.53 Å². The van der Waals surface area contributed by atoms with Crippen molar-refractivity contribution in [2.45, 2.75) is 0 Å². The van der Waals surface area contributed by atoms with Crippen molar-refractivity contribution in [3.63, 3.8) is 0 Å². The molecule has 1 heterocycles. The molecule has 0 aromatic carbocycles. The van der Waals surface area contributed by atoms with Crippen LogP contribution in [0.15, 0.2) is 12.0 Å². The van der Waals surface area contributed by atoms with Gasteiger partial charge in [-0.1, -0.05) is 0 Å². The molecule has 2 N–H and O–H groups in total. The van der Waals surface area contributed by atoms with E-state index >= 15 is 0 Å². The highest BCUT2D eigenvalue weighted by atomic mass is 16.5. The predicted octanol–water partition coefficient (Wildman–Crippen LogP) is -0.468. The first-order valence-electron chi connectivity index (χ1n) is 2.60. The lowest BCUT2D eigenvalue weighted by Crippen LogP contribution is -2.06. The highest BCUT2D eigenvalue weighted by Crippen LogP contribution is 1.97. The van der Waals surface area contributed by atoms with Gasteiger partial charge < -0.3 is 15.2 Å². The maximum absolute atomic E-state index is 9.96. The van der Waals surface area contributed by atoms with Gasteiger partial charge in [-0.15, -0.1) is 0 Å². The smallest absolute Gasteiger partial charge is 0.333 e. The van der Waals surface area contributed by atoms with E-state index < -0.39 is 5.97 Å². The molecule has 0 amide bonds. The number of carboxylic acids is 1. The third kappa shape index (κ3) is 1.64.